The molecule has 1 heterocycles. The zero-order valence-electron chi connectivity index (χ0n) is 7.80. The van der Waals surface area contributed by atoms with Gasteiger partial charge in [0.2, 0.25) is 0 Å². The van der Waals surface area contributed by atoms with Crippen molar-refractivity contribution in [2.24, 2.45) is 17.1 Å². The third-order valence-corrected chi connectivity index (χ3v) is 2.33. The molecule has 0 unspecified atom stereocenters. The standard InChI is InChI=1S/C9H17NO2/c1-7(2)3-8(11)9(4-10)5-12-6-9/h7H,3-6,10H2,1-2H3. The van der Waals surface area contributed by atoms with Crippen LogP contribution in [0.15, 0.2) is 0 Å². The summed E-state index contributed by atoms with van der Waals surface area (Å²) in [5.74, 6) is 0.688. The molecule has 0 spiro atoms. The third kappa shape index (κ3) is 1.67. The lowest BCUT2D eigenvalue weighted by atomic mass is 9.78. The van der Waals surface area contributed by atoms with Crippen LogP contribution in [0.1, 0.15) is 20.3 Å². The number of ketones is 1. The van der Waals surface area contributed by atoms with Crippen molar-refractivity contribution in [2.45, 2.75) is 20.3 Å². The van der Waals surface area contributed by atoms with Gasteiger partial charge in [0.25, 0.3) is 0 Å². The normalized spacial score (nSPS) is 20.7. The molecule has 0 aliphatic carbocycles. The maximum absolute atomic E-state index is 11.6. The van der Waals surface area contributed by atoms with Crippen LogP contribution in [0.25, 0.3) is 0 Å². The molecule has 3 nitrogen and oxygen atoms in total. The van der Waals surface area contributed by atoms with Crippen molar-refractivity contribution < 1.29 is 9.53 Å². The molecule has 0 aromatic carbocycles. The number of carbonyl (C=O) groups is 1. The molecular formula is C9H17NO2. The highest BCUT2D eigenvalue weighted by Crippen LogP contribution is 2.29. The number of carbonyl (C=O) groups excluding carboxylic acids is 1. The van der Waals surface area contributed by atoms with Crippen LogP contribution in [-0.4, -0.2) is 25.5 Å². The summed E-state index contributed by atoms with van der Waals surface area (Å²) < 4.78 is 5.03. The average Bonchev–Trinajstić information content (AvgIpc) is 1.83. The van der Waals surface area contributed by atoms with Crippen molar-refractivity contribution in [3.63, 3.8) is 0 Å². The zero-order chi connectivity index (χ0) is 9.19. The van der Waals surface area contributed by atoms with Crippen LogP contribution in [0.3, 0.4) is 0 Å². The highest BCUT2D eigenvalue weighted by molar-refractivity contribution is 5.86. The van der Waals surface area contributed by atoms with E-state index in [1.807, 2.05) is 13.8 Å². The molecule has 3 heteroatoms. The van der Waals surface area contributed by atoms with Crippen molar-refractivity contribution in [2.75, 3.05) is 19.8 Å². The maximum Gasteiger partial charge on any atom is 0.145 e. The smallest absolute Gasteiger partial charge is 0.145 e. The number of rotatable bonds is 4. The first-order valence-corrected chi connectivity index (χ1v) is 4.42. The summed E-state index contributed by atoms with van der Waals surface area (Å²) in [4.78, 5) is 11.6. The first-order chi connectivity index (χ1) is 5.60. The van der Waals surface area contributed by atoms with Crippen molar-refractivity contribution in [3.05, 3.63) is 0 Å². The summed E-state index contributed by atoms with van der Waals surface area (Å²) in [5, 5.41) is 0. The Kier molecular flexibility index (Phi) is 2.85. The van der Waals surface area contributed by atoms with Crippen LogP contribution in [0.4, 0.5) is 0 Å². The Bertz CT molecular complexity index is 168. The van der Waals surface area contributed by atoms with Gasteiger partial charge in [-0.15, -0.1) is 0 Å². The highest BCUT2D eigenvalue weighted by Gasteiger charge is 2.43. The molecule has 1 aliphatic heterocycles. The van der Waals surface area contributed by atoms with Gasteiger partial charge in [-0.05, 0) is 5.92 Å². The molecule has 12 heavy (non-hydrogen) atoms. The molecule has 0 aromatic rings. The van der Waals surface area contributed by atoms with Gasteiger partial charge in [0.05, 0.1) is 18.6 Å². The van der Waals surface area contributed by atoms with E-state index < -0.39 is 0 Å². The molecule has 2 N–H and O–H groups in total. The predicted octanol–water partition coefficient (Wildman–Crippen LogP) is 0.577. The van der Waals surface area contributed by atoms with Crippen LogP contribution in [0, 0.1) is 11.3 Å². The van der Waals surface area contributed by atoms with Crippen molar-refractivity contribution in [1.82, 2.24) is 0 Å². The fourth-order valence-corrected chi connectivity index (χ4v) is 1.33. The second kappa shape index (κ2) is 3.54. The lowest BCUT2D eigenvalue weighted by molar-refractivity contribution is -0.157. The van der Waals surface area contributed by atoms with E-state index in [-0.39, 0.29) is 11.2 Å². The van der Waals surface area contributed by atoms with Gasteiger partial charge >= 0.3 is 0 Å². The first kappa shape index (κ1) is 9.68. The number of Topliss-reactive ketones (excluding diaryl/α,β-unsaturated/α-hetero) is 1. The van der Waals surface area contributed by atoms with Crippen LogP contribution in [0.2, 0.25) is 0 Å². The van der Waals surface area contributed by atoms with Gasteiger partial charge in [-0.3, -0.25) is 4.79 Å². The quantitative estimate of drug-likeness (QED) is 0.673. The Labute approximate surface area is 73.3 Å². The van der Waals surface area contributed by atoms with E-state index in [2.05, 4.69) is 0 Å². The molecule has 0 saturated carbocycles. The topological polar surface area (TPSA) is 52.3 Å². The molecule has 1 aliphatic rings. The minimum absolute atomic E-state index is 0.270. The molecule has 1 saturated heterocycles. The van der Waals surface area contributed by atoms with Crippen molar-refractivity contribution >= 4 is 5.78 Å². The van der Waals surface area contributed by atoms with Crippen molar-refractivity contribution in [1.29, 1.82) is 0 Å². The molecule has 0 atom stereocenters. The maximum atomic E-state index is 11.6. The van der Waals surface area contributed by atoms with Gasteiger partial charge in [-0.2, -0.15) is 0 Å². The highest BCUT2D eigenvalue weighted by atomic mass is 16.5. The molecule has 0 aromatic heterocycles. The molecule has 0 bridgehead atoms. The number of nitrogens with two attached hydrogens (primary N) is 1. The number of hydrogen-bond acceptors (Lipinski definition) is 3. The summed E-state index contributed by atoms with van der Waals surface area (Å²) in [6.07, 6.45) is 0.626. The largest absolute Gasteiger partial charge is 0.379 e. The molecule has 0 amide bonds. The average molecular weight is 171 g/mol. The van der Waals surface area contributed by atoms with Crippen LogP contribution < -0.4 is 5.73 Å². The Morgan fingerprint density at radius 3 is 2.42 bits per heavy atom. The zero-order valence-corrected chi connectivity index (χ0v) is 7.80. The Morgan fingerprint density at radius 1 is 1.58 bits per heavy atom. The second-order valence-electron chi connectivity index (χ2n) is 4.00. The van der Waals surface area contributed by atoms with E-state index in [4.69, 9.17) is 10.5 Å². The summed E-state index contributed by atoms with van der Waals surface area (Å²) in [5.41, 5.74) is 5.22. The van der Waals surface area contributed by atoms with E-state index in [1.54, 1.807) is 0 Å². The molecular weight excluding hydrogens is 154 g/mol. The molecule has 1 fully saturated rings. The van der Waals surface area contributed by atoms with E-state index in [0.29, 0.717) is 32.1 Å². The number of hydrogen-bond donors (Lipinski definition) is 1. The molecule has 70 valence electrons. The van der Waals surface area contributed by atoms with Crippen molar-refractivity contribution in [3.8, 4) is 0 Å². The Balaban J connectivity index is 2.49. The van der Waals surface area contributed by atoms with Crippen LogP contribution in [-0.2, 0) is 9.53 Å². The fraction of sp³-hybridized carbons (Fsp3) is 0.889. The minimum Gasteiger partial charge on any atom is -0.379 e. The summed E-state index contributed by atoms with van der Waals surface area (Å²) >= 11 is 0. The minimum atomic E-state index is -0.329. The number of ether oxygens (including phenoxy) is 1. The van der Waals surface area contributed by atoms with Gasteiger partial charge in [-0.1, -0.05) is 13.8 Å². The van der Waals surface area contributed by atoms with Gasteiger partial charge in [-0.25, -0.2) is 0 Å². The summed E-state index contributed by atoms with van der Waals surface area (Å²) in [7, 11) is 0. The van der Waals surface area contributed by atoms with Gasteiger partial charge in [0, 0.05) is 13.0 Å². The van der Waals surface area contributed by atoms with Gasteiger partial charge < -0.3 is 10.5 Å². The summed E-state index contributed by atoms with van der Waals surface area (Å²) in [6, 6.07) is 0. The fourth-order valence-electron chi connectivity index (χ4n) is 1.33. The Hall–Kier alpha value is -0.410. The second-order valence-corrected chi connectivity index (χ2v) is 4.00. The first-order valence-electron chi connectivity index (χ1n) is 4.42. The predicted molar refractivity (Wildman–Crippen MR) is 46.8 cm³/mol. The SMILES string of the molecule is CC(C)CC(=O)C1(CN)COC1. The monoisotopic (exact) mass is 171 g/mol. The van der Waals surface area contributed by atoms with Gasteiger partial charge in [0.15, 0.2) is 0 Å². The molecule has 0 radical (unpaired) electrons. The summed E-state index contributed by atoms with van der Waals surface area (Å²) in [6.45, 7) is 5.56. The van der Waals surface area contributed by atoms with E-state index in [9.17, 15) is 4.79 Å². The molecule has 1 rings (SSSR count). The lowest BCUT2D eigenvalue weighted by Crippen LogP contribution is -2.54. The van der Waals surface area contributed by atoms with Gasteiger partial charge in [0.1, 0.15) is 5.78 Å². The lowest BCUT2D eigenvalue weighted by Gasteiger charge is -2.39. The van der Waals surface area contributed by atoms with E-state index in [0.717, 1.165) is 0 Å². The Morgan fingerprint density at radius 2 is 2.17 bits per heavy atom. The van der Waals surface area contributed by atoms with Crippen LogP contribution in [0.5, 0.6) is 0 Å². The van der Waals surface area contributed by atoms with E-state index >= 15 is 0 Å². The van der Waals surface area contributed by atoms with E-state index in [1.165, 1.54) is 0 Å². The third-order valence-electron chi connectivity index (χ3n) is 2.33. The van der Waals surface area contributed by atoms with Crippen LogP contribution >= 0.6 is 0 Å².